The number of anilines is 1. The number of carbonyl (C=O) groups is 2. The van der Waals surface area contributed by atoms with Crippen LogP contribution < -0.4 is 16.0 Å². The molecule has 1 aromatic rings. The maximum absolute atomic E-state index is 11.9. The first-order valence-electron chi connectivity index (χ1n) is 7.68. The van der Waals surface area contributed by atoms with E-state index in [-0.39, 0.29) is 24.3 Å². The molecule has 3 N–H and O–H groups in total. The quantitative estimate of drug-likeness (QED) is 0.696. The summed E-state index contributed by atoms with van der Waals surface area (Å²) in [6.07, 6.45) is 0.614. The number of ether oxygens (including phenoxy) is 1. The Morgan fingerprint density at radius 2 is 2.22 bits per heavy atom. The first-order valence-corrected chi connectivity index (χ1v) is 8.47. The highest BCUT2D eigenvalue weighted by molar-refractivity contribution is 9.10. The van der Waals surface area contributed by atoms with Crippen molar-refractivity contribution in [1.82, 2.24) is 10.6 Å². The molecule has 1 atom stereocenters. The molecule has 0 saturated carbocycles. The van der Waals surface area contributed by atoms with Crippen LogP contribution in [0.3, 0.4) is 0 Å². The zero-order valence-corrected chi connectivity index (χ0v) is 14.7. The summed E-state index contributed by atoms with van der Waals surface area (Å²) >= 11 is 3.39. The van der Waals surface area contributed by atoms with Crippen LogP contribution >= 0.6 is 15.9 Å². The van der Waals surface area contributed by atoms with Crippen molar-refractivity contribution in [3.8, 4) is 0 Å². The van der Waals surface area contributed by atoms with Crippen molar-refractivity contribution in [1.29, 1.82) is 0 Å². The number of amides is 2. The topological polar surface area (TPSA) is 79.5 Å². The van der Waals surface area contributed by atoms with Crippen molar-refractivity contribution in [2.75, 3.05) is 31.6 Å². The Hall–Kier alpha value is -1.44. The first kappa shape index (κ1) is 17.9. The van der Waals surface area contributed by atoms with Gasteiger partial charge in [0.1, 0.15) is 0 Å². The third-order valence-corrected chi connectivity index (χ3v) is 4.06. The van der Waals surface area contributed by atoms with Gasteiger partial charge in [0.15, 0.2) is 0 Å². The summed E-state index contributed by atoms with van der Waals surface area (Å²) in [7, 11) is 0. The molecule has 2 amide bonds. The van der Waals surface area contributed by atoms with E-state index in [1.165, 1.54) is 0 Å². The van der Waals surface area contributed by atoms with E-state index >= 15 is 0 Å². The fourth-order valence-electron chi connectivity index (χ4n) is 2.34. The third-order valence-electron chi connectivity index (χ3n) is 3.57. The van der Waals surface area contributed by atoms with Crippen LogP contribution in [0.4, 0.5) is 5.69 Å². The van der Waals surface area contributed by atoms with Crippen LogP contribution in [-0.4, -0.2) is 44.2 Å². The number of carbonyl (C=O) groups excluding carboxylic acids is 2. The third kappa shape index (κ3) is 6.29. The number of nitrogens with one attached hydrogen (secondary N) is 3. The van der Waals surface area contributed by atoms with Gasteiger partial charge in [0.05, 0.1) is 13.2 Å². The summed E-state index contributed by atoms with van der Waals surface area (Å²) in [5, 5.41) is 8.84. The standard InChI is InChI=1S/C16H22BrN3O3/c1-11-8-12(17)2-3-14(11)20-15(21)4-5-19-16(22)9-13-10-23-7-6-18-13/h2-3,8,13,18H,4-7,9-10H2,1H3,(H,19,22)(H,20,21). The van der Waals surface area contributed by atoms with E-state index in [0.717, 1.165) is 22.3 Å². The lowest BCUT2D eigenvalue weighted by Crippen LogP contribution is -2.44. The predicted molar refractivity (Wildman–Crippen MR) is 92.4 cm³/mol. The van der Waals surface area contributed by atoms with Gasteiger partial charge in [0.25, 0.3) is 0 Å². The lowest BCUT2D eigenvalue weighted by Gasteiger charge is -2.23. The molecule has 126 valence electrons. The molecule has 0 aromatic heterocycles. The molecule has 1 heterocycles. The first-order chi connectivity index (χ1) is 11.0. The molecule has 6 nitrogen and oxygen atoms in total. The van der Waals surface area contributed by atoms with E-state index in [2.05, 4.69) is 31.9 Å². The summed E-state index contributed by atoms with van der Waals surface area (Å²) in [6, 6.07) is 5.73. The van der Waals surface area contributed by atoms with Crippen molar-refractivity contribution in [2.45, 2.75) is 25.8 Å². The molecule has 1 saturated heterocycles. The molecule has 1 unspecified atom stereocenters. The average Bonchev–Trinajstić information content (AvgIpc) is 2.51. The van der Waals surface area contributed by atoms with Gasteiger partial charge < -0.3 is 20.7 Å². The van der Waals surface area contributed by atoms with Gasteiger partial charge in [-0.05, 0) is 30.7 Å². The summed E-state index contributed by atoms with van der Waals surface area (Å²) in [5.41, 5.74) is 1.77. The molecule has 2 rings (SSSR count). The summed E-state index contributed by atoms with van der Waals surface area (Å²) in [5.74, 6) is -0.185. The van der Waals surface area contributed by atoms with Crippen molar-refractivity contribution < 1.29 is 14.3 Å². The fraction of sp³-hybridized carbons (Fsp3) is 0.500. The Morgan fingerprint density at radius 1 is 1.39 bits per heavy atom. The van der Waals surface area contributed by atoms with E-state index in [0.29, 0.717) is 26.2 Å². The molecule has 0 radical (unpaired) electrons. The lowest BCUT2D eigenvalue weighted by atomic mass is 10.2. The monoisotopic (exact) mass is 383 g/mol. The van der Waals surface area contributed by atoms with Gasteiger partial charge in [0, 0.05) is 42.1 Å². The van der Waals surface area contributed by atoms with Gasteiger partial charge in [-0.15, -0.1) is 0 Å². The summed E-state index contributed by atoms with van der Waals surface area (Å²) < 4.78 is 6.27. The number of benzene rings is 1. The number of aryl methyl sites for hydroxylation is 1. The number of halogens is 1. The highest BCUT2D eigenvalue weighted by Gasteiger charge is 2.16. The molecular weight excluding hydrogens is 362 g/mol. The normalized spacial score (nSPS) is 17.6. The zero-order chi connectivity index (χ0) is 16.7. The highest BCUT2D eigenvalue weighted by Crippen LogP contribution is 2.20. The van der Waals surface area contributed by atoms with Gasteiger partial charge in [-0.2, -0.15) is 0 Å². The lowest BCUT2D eigenvalue weighted by molar-refractivity contribution is -0.122. The van der Waals surface area contributed by atoms with E-state index in [1.807, 2.05) is 25.1 Å². The van der Waals surface area contributed by atoms with Crippen LogP contribution in [0.5, 0.6) is 0 Å². The van der Waals surface area contributed by atoms with Gasteiger partial charge in [-0.1, -0.05) is 15.9 Å². The molecule has 0 bridgehead atoms. The van der Waals surface area contributed by atoms with Crippen LogP contribution in [-0.2, 0) is 14.3 Å². The minimum Gasteiger partial charge on any atom is -0.378 e. The van der Waals surface area contributed by atoms with E-state index in [1.54, 1.807) is 0 Å². The molecule has 1 fully saturated rings. The molecule has 0 spiro atoms. The van der Waals surface area contributed by atoms with Crippen molar-refractivity contribution in [2.24, 2.45) is 0 Å². The van der Waals surface area contributed by atoms with E-state index < -0.39 is 0 Å². The number of hydrogen-bond acceptors (Lipinski definition) is 4. The molecule has 1 aliphatic rings. The van der Waals surface area contributed by atoms with Crippen molar-refractivity contribution in [3.05, 3.63) is 28.2 Å². The maximum atomic E-state index is 11.9. The largest absolute Gasteiger partial charge is 0.378 e. The summed E-state index contributed by atoms with van der Waals surface area (Å²) in [4.78, 5) is 23.7. The van der Waals surface area contributed by atoms with Crippen LogP contribution in [0, 0.1) is 6.92 Å². The van der Waals surface area contributed by atoms with Gasteiger partial charge in [0.2, 0.25) is 11.8 Å². The Morgan fingerprint density at radius 3 is 2.91 bits per heavy atom. The second-order valence-electron chi connectivity index (χ2n) is 5.54. The zero-order valence-electron chi connectivity index (χ0n) is 13.2. The summed E-state index contributed by atoms with van der Waals surface area (Å²) in [6.45, 7) is 4.27. The maximum Gasteiger partial charge on any atom is 0.226 e. The SMILES string of the molecule is Cc1cc(Br)ccc1NC(=O)CCNC(=O)CC1COCCN1. The van der Waals surface area contributed by atoms with Gasteiger partial charge >= 0.3 is 0 Å². The highest BCUT2D eigenvalue weighted by atomic mass is 79.9. The smallest absolute Gasteiger partial charge is 0.226 e. The van der Waals surface area contributed by atoms with Crippen LogP contribution in [0.2, 0.25) is 0 Å². The second-order valence-corrected chi connectivity index (χ2v) is 6.45. The Bertz CT molecular complexity index is 560. The Kier molecular flexibility index (Phi) is 7.01. The predicted octanol–water partition coefficient (Wildman–Crippen LogP) is 1.58. The fourth-order valence-corrected chi connectivity index (χ4v) is 2.82. The van der Waals surface area contributed by atoms with Gasteiger partial charge in [-0.25, -0.2) is 0 Å². The van der Waals surface area contributed by atoms with Crippen LogP contribution in [0.25, 0.3) is 0 Å². The minimum atomic E-state index is -0.116. The van der Waals surface area contributed by atoms with E-state index in [4.69, 9.17) is 4.74 Å². The number of rotatable bonds is 6. The average molecular weight is 384 g/mol. The molecular formula is C16H22BrN3O3. The molecule has 1 aromatic carbocycles. The molecule has 7 heteroatoms. The Balaban J connectivity index is 1.66. The molecule has 1 aliphatic heterocycles. The minimum absolute atomic E-state index is 0.0583. The molecule has 0 aliphatic carbocycles. The van der Waals surface area contributed by atoms with Crippen molar-refractivity contribution >= 4 is 33.4 Å². The van der Waals surface area contributed by atoms with Crippen molar-refractivity contribution in [3.63, 3.8) is 0 Å². The van der Waals surface area contributed by atoms with Crippen LogP contribution in [0.15, 0.2) is 22.7 Å². The Labute approximate surface area is 144 Å². The number of morpholine rings is 1. The number of hydrogen-bond donors (Lipinski definition) is 3. The molecule has 23 heavy (non-hydrogen) atoms. The second kappa shape index (κ2) is 9.00. The van der Waals surface area contributed by atoms with Gasteiger partial charge in [-0.3, -0.25) is 9.59 Å². The van der Waals surface area contributed by atoms with Crippen LogP contribution in [0.1, 0.15) is 18.4 Å². The van der Waals surface area contributed by atoms with E-state index in [9.17, 15) is 9.59 Å².